The molecule has 0 fully saturated rings. The molecule has 0 aliphatic rings. The Labute approximate surface area is 219 Å². The minimum Gasteiger partial charge on any atom is -0.504 e. The summed E-state index contributed by atoms with van der Waals surface area (Å²) in [5.74, 6) is -15.1. The van der Waals surface area contributed by atoms with Crippen LogP contribution in [0.1, 0.15) is 0 Å². The summed E-state index contributed by atoms with van der Waals surface area (Å²) in [5, 5.41) is 23.9. The molecule has 0 rings (SSSR count). The van der Waals surface area contributed by atoms with Crippen LogP contribution in [0.4, 0.5) is 79.0 Å². The molecular weight excluding hydrogens is 719 g/mol. The molecule has 0 aromatic rings. The van der Waals surface area contributed by atoms with Crippen molar-refractivity contribution in [3.05, 3.63) is 35.5 Å². The molecule has 0 aliphatic carbocycles. The molecule has 0 unspecified atom stereocenters. The van der Waals surface area contributed by atoms with E-state index in [9.17, 15) is 79.0 Å². The summed E-state index contributed by atoms with van der Waals surface area (Å²) in [7, 11) is 0. The van der Waals surface area contributed by atoms with Crippen LogP contribution in [-0.2, 0) is 19.5 Å². The molecule has 25 heteroatoms. The third kappa shape index (κ3) is 20.0. The van der Waals surface area contributed by atoms with Crippen molar-refractivity contribution in [1.82, 2.24) is 0 Å². The second kappa shape index (κ2) is 15.1. The summed E-state index contributed by atoms with van der Waals surface area (Å²) in [5.41, 5.74) is 0. The van der Waals surface area contributed by atoms with Crippen LogP contribution in [0.3, 0.4) is 0 Å². The van der Waals surface area contributed by atoms with Crippen LogP contribution in [0.5, 0.6) is 0 Å². The van der Waals surface area contributed by atoms with Crippen molar-refractivity contribution in [2.45, 2.75) is 37.1 Å². The Hall–Kier alpha value is -3.01. The van der Waals surface area contributed by atoms with Gasteiger partial charge in [-0.1, -0.05) is 0 Å². The first kappa shape index (κ1) is 44.0. The first-order chi connectivity index (χ1) is 16.6. The maximum atomic E-state index is 11.4. The van der Waals surface area contributed by atoms with Gasteiger partial charge in [-0.2, -0.15) is 79.0 Å². The molecule has 0 aliphatic heterocycles. The molecule has 0 saturated carbocycles. The average Bonchev–Trinajstić information content (AvgIpc) is 2.64. The van der Waals surface area contributed by atoms with E-state index in [0.717, 1.165) is 0 Å². The molecule has 6 N–H and O–H groups in total. The Balaban J connectivity index is -0.000000240. The van der Waals surface area contributed by atoms with Gasteiger partial charge in [-0.3, -0.25) is 14.4 Å². The smallest absolute Gasteiger partial charge is 0.504 e. The molecule has 0 saturated heterocycles. The van der Waals surface area contributed by atoms with Gasteiger partial charge in [-0.05, 0) is 0 Å². The fraction of sp³-hybridized carbons (Fsp3) is 0.400. The zero-order chi connectivity index (χ0) is 32.6. The molecular formula is C15H9F18O6Ru+6. The van der Waals surface area contributed by atoms with Gasteiger partial charge in [0.25, 0.3) is 0 Å². The Bertz CT molecular complexity index is 834. The topological polar surface area (TPSA) is 125 Å². The number of alkyl halides is 18. The molecule has 0 bridgehead atoms. The first-order valence-electron chi connectivity index (χ1n) is 7.98. The number of aliphatic hydroxyl groups is 3. The van der Waals surface area contributed by atoms with E-state index in [4.69, 9.17) is 29.7 Å². The number of ketones is 3. The van der Waals surface area contributed by atoms with Crippen LogP contribution < -0.4 is 0 Å². The Morgan fingerprint density at radius 1 is 0.350 bits per heavy atom. The van der Waals surface area contributed by atoms with E-state index in [-0.39, 0.29) is 19.5 Å². The number of carbonyl (C=O) groups excluding carboxylic acids is 3. The van der Waals surface area contributed by atoms with Crippen molar-refractivity contribution >= 4 is 17.3 Å². The van der Waals surface area contributed by atoms with Gasteiger partial charge in [0.1, 0.15) is 0 Å². The Kier molecular flexibility index (Phi) is 16.6. The molecule has 0 heterocycles. The van der Waals surface area contributed by atoms with Gasteiger partial charge in [0.05, 0.1) is 18.2 Å². The van der Waals surface area contributed by atoms with Crippen molar-refractivity contribution in [2.24, 2.45) is 0 Å². The molecule has 0 atom stereocenters. The molecule has 0 aromatic carbocycles. The normalized spacial score (nSPS) is 14.1. The van der Waals surface area contributed by atoms with Crippen molar-refractivity contribution < 1.29 is 128 Å². The van der Waals surface area contributed by atoms with Crippen molar-refractivity contribution in [2.75, 3.05) is 0 Å². The predicted molar refractivity (Wildman–Crippen MR) is 89.3 cm³/mol. The van der Waals surface area contributed by atoms with Crippen LogP contribution in [0.2, 0.25) is 0 Å². The van der Waals surface area contributed by atoms with E-state index in [1.165, 1.54) is 0 Å². The minimum atomic E-state index is -5.31. The molecule has 0 amide bonds. The van der Waals surface area contributed by atoms with Gasteiger partial charge in [-0.25, -0.2) is 0 Å². The van der Waals surface area contributed by atoms with E-state index in [1.54, 1.807) is 0 Å². The average molecular weight is 728 g/mol. The number of hydrogen-bond acceptors (Lipinski definition) is 3. The first-order valence-corrected chi connectivity index (χ1v) is 7.98. The monoisotopic (exact) mass is 729 g/mol. The van der Waals surface area contributed by atoms with E-state index < -0.39 is 89.9 Å². The largest absolute Gasteiger partial charge is 3.00 e. The fourth-order valence-electron chi connectivity index (χ4n) is 0.879. The summed E-state index contributed by atoms with van der Waals surface area (Å²) in [6.45, 7) is 0. The number of aliphatic hydroxyl groups excluding tert-OH is 3. The molecule has 6 nitrogen and oxygen atoms in total. The van der Waals surface area contributed by atoms with Crippen LogP contribution in [0.15, 0.2) is 35.5 Å². The van der Waals surface area contributed by atoms with E-state index in [2.05, 4.69) is 0 Å². The van der Waals surface area contributed by atoms with Crippen LogP contribution in [-0.4, -0.2) is 84.1 Å². The summed E-state index contributed by atoms with van der Waals surface area (Å²) in [6.07, 6.45) is -34.3. The maximum Gasteiger partial charge on any atom is 3.00 e. The Morgan fingerprint density at radius 3 is 0.550 bits per heavy atom. The fourth-order valence-corrected chi connectivity index (χ4v) is 0.879. The van der Waals surface area contributed by atoms with Crippen LogP contribution in [0.25, 0.3) is 0 Å². The van der Waals surface area contributed by atoms with Crippen molar-refractivity contribution in [1.29, 1.82) is 0 Å². The standard InChI is InChI=1S/3C5H2F6O2.Ru/c3*6-4(7,8)2(12)1-3(13)5(9,10)11;/h3*1,12H;/q;;;+3/p+3/b3*2-1-;. The summed E-state index contributed by atoms with van der Waals surface area (Å²) < 4.78 is 205. The number of allylic oxidation sites excluding steroid dienone is 6. The zero-order valence-electron chi connectivity index (χ0n) is 17.6. The van der Waals surface area contributed by atoms with Crippen LogP contribution in [0, 0.1) is 0 Å². The molecule has 0 aromatic heterocycles. The molecule has 1 radical (unpaired) electrons. The summed E-state index contributed by atoms with van der Waals surface area (Å²) >= 11 is 0. The van der Waals surface area contributed by atoms with Crippen molar-refractivity contribution in [3.63, 3.8) is 0 Å². The van der Waals surface area contributed by atoms with Gasteiger partial charge in [-0.15, -0.1) is 0 Å². The second-order valence-electron chi connectivity index (χ2n) is 5.73. The Morgan fingerprint density at radius 2 is 0.475 bits per heavy atom. The SMILES string of the molecule is O/C(=C\C(=[OH+])C(F)(F)F)C(F)(F)F.O/C(=C\C(=[OH+])C(F)(F)F)C(F)(F)F.O/C(=C\C(=[OH+])C(F)(F)F)C(F)(F)F.[Ru+3]. The third-order valence-electron chi connectivity index (χ3n) is 2.56. The number of halogens is 18. The van der Waals surface area contributed by atoms with E-state index in [0.29, 0.717) is 0 Å². The van der Waals surface area contributed by atoms with Gasteiger partial charge < -0.3 is 15.3 Å². The van der Waals surface area contributed by atoms with Crippen molar-refractivity contribution in [3.8, 4) is 0 Å². The number of hydrogen-bond donors (Lipinski definition) is 3. The second-order valence-corrected chi connectivity index (χ2v) is 5.73. The third-order valence-corrected chi connectivity index (χ3v) is 2.56. The molecule has 0 spiro atoms. The van der Waals surface area contributed by atoms with E-state index >= 15 is 0 Å². The van der Waals surface area contributed by atoms with Gasteiger partial charge in [0.2, 0.25) is 17.3 Å². The summed E-state index contributed by atoms with van der Waals surface area (Å²) in [4.78, 5) is 23.9. The maximum absolute atomic E-state index is 11.4. The minimum absolute atomic E-state index is 0. The molecule has 40 heavy (non-hydrogen) atoms. The zero-order valence-corrected chi connectivity index (χ0v) is 19.3. The van der Waals surface area contributed by atoms with Gasteiger partial charge in [0, 0.05) is 0 Å². The van der Waals surface area contributed by atoms with Gasteiger partial charge in [0.15, 0.2) is 0 Å². The number of rotatable bonds is 3. The summed E-state index contributed by atoms with van der Waals surface area (Å²) in [6, 6.07) is 0. The van der Waals surface area contributed by atoms with Gasteiger partial charge >= 0.3 is 73.9 Å². The predicted octanol–water partition coefficient (Wildman–Crippen LogP) is 6.29. The molecule has 233 valence electrons. The quantitative estimate of drug-likeness (QED) is 0.104. The van der Waals surface area contributed by atoms with E-state index in [1.807, 2.05) is 0 Å². The van der Waals surface area contributed by atoms with Crippen LogP contribution >= 0.6 is 0 Å².